The van der Waals surface area contributed by atoms with Crippen molar-refractivity contribution in [2.24, 2.45) is 0 Å². The molecule has 2 aliphatic rings. The van der Waals surface area contributed by atoms with E-state index in [-0.39, 0.29) is 35.6 Å². The third kappa shape index (κ3) is 4.95. The van der Waals surface area contributed by atoms with Crippen molar-refractivity contribution < 1.29 is 42.2 Å². The number of benzene rings is 2. The van der Waals surface area contributed by atoms with E-state index in [1.807, 2.05) is 0 Å². The van der Waals surface area contributed by atoms with Gasteiger partial charge < -0.3 is 24.8 Å². The zero-order chi connectivity index (χ0) is 21.8. The van der Waals surface area contributed by atoms with Crippen molar-refractivity contribution in [1.29, 1.82) is 0 Å². The standard InChI is InChI=1S/C21H25.C5H5.C3H6.2ClH.Ti/c1-20(2,3)16-7-9-18-14(12-16)11-15-13-17(21(4,5)6)8-10-19(15)18;1-2-4-5-3-1;1-3-2;;;/h7-10,12H,11H2,1-6H3;1-3H,4H2;1-2H3;2*1H;/q;;;;;+2/p-2. The maximum Gasteiger partial charge on any atom is -1.00 e. The molecule has 0 nitrogen and oxygen atoms in total. The van der Waals surface area contributed by atoms with E-state index < -0.39 is 17.4 Å². The molecule has 0 saturated heterocycles. The molecule has 4 rings (SSSR count). The minimum atomic E-state index is -1.72. The summed E-state index contributed by atoms with van der Waals surface area (Å²) in [7, 11) is 0. The number of allylic oxidation sites excluding steroid dienone is 4. The summed E-state index contributed by atoms with van der Waals surface area (Å²) in [5.74, 6) is 0. The van der Waals surface area contributed by atoms with Crippen LogP contribution in [0.3, 0.4) is 0 Å². The van der Waals surface area contributed by atoms with Crippen LogP contribution in [0.25, 0.3) is 11.1 Å². The summed E-state index contributed by atoms with van der Waals surface area (Å²) in [5.41, 5.74) is 9.49. The molecule has 0 fully saturated rings. The van der Waals surface area contributed by atoms with Crippen LogP contribution in [-0.2, 0) is 34.7 Å². The second-order valence-electron chi connectivity index (χ2n) is 11.3. The first kappa shape index (κ1) is 27.3. The smallest absolute Gasteiger partial charge is 1.00 e. The van der Waals surface area contributed by atoms with E-state index in [2.05, 4.69) is 104 Å². The number of rotatable bonds is 2. The van der Waals surface area contributed by atoms with Gasteiger partial charge in [0.1, 0.15) is 0 Å². The fourth-order valence-corrected chi connectivity index (χ4v) is 10.2. The van der Waals surface area contributed by atoms with E-state index in [0.717, 1.165) is 12.8 Å². The summed E-state index contributed by atoms with van der Waals surface area (Å²) in [4.78, 5) is 0. The molecule has 0 N–H and O–H groups in total. The number of hydrogen-bond donors (Lipinski definition) is 0. The van der Waals surface area contributed by atoms with Crippen LogP contribution in [0.2, 0.25) is 0 Å². The number of fused-ring (bicyclic) bond motifs is 3. The molecule has 2 aromatic rings. The van der Waals surface area contributed by atoms with E-state index >= 15 is 0 Å². The van der Waals surface area contributed by atoms with Gasteiger partial charge in [-0.25, -0.2) is 0 Å². The Morgan fingerprint density at radius 3 is 2.03 bits per heavy atom. The molecule has 3 heteroatoms. The van der Waals surface area contributed by atoms with Crippen molar-refractivity contribution in [3.8, 4) is 11.1 Å². The SMILES string of the molecule is C[C](C)=[Ti+2]([C]1=CC=CC1)[c]1c(C(C)(C)C)ccc2c1Cc1cc(C(C)(C)C)ccc1-2.[Cl-].[Cl-]. The fraction of sp³-hybridized carbons (Fsp3) is 0.414. The Bertz CT molecular complexity index is 1120. The molecule has 0 radical (unpaired) electrons. The zero-order valence-electron chi connectivity index (χ0n) is 20.8. The van der Waals surface area contributed by atoms with Gasteiger partial charge in [-0.3, -0.25) is 0 Å². The third-order valence-corrected chi connectivity index (χ3v) is 11.4. The van der Waals surface area contributed by atoms with Gasteiger partial charge in [0.2, 0.25) is 0 Å². The van der Waals surface area contributed by atoms with E-state index in [4.69, 9.17) is 0 Å². The van der Waals surface area contributed by atoms with Gasteiger partial charge >= 0.3 is 190 Å². The van der Waals surface area contributed by atoms with Gasteiger partial charge in [0.25, 0.3) is 0 Å². The van der Waals surface area contributed by atoms with Gasteiger partial charge in [-0.05, 0) is 0 Å². The normalized spacial score (nSPS) is 13.9. The quantitative estimate of drug-likeness (QED) is 0.461. The molecule has 0 amide bonds. The van der Waals surface area contributed by atoms with Crippen molar-refractivity contribution >= 4 is 7.68 Å². The van der Waals surface area contributed by atoms with Crippen LogP contribution in [0.15, 0.2) is 52.4 Å². The summed E-state index contributed by atoms with van der Waals surface area (Å²) in [6, 6.07) is 12.1. The average molecular weight is 503 g/mol. The summed E-state index contributed by atoms with van der Waals surface area (Å²) >= 11 is -1.72. The Balaban J connectivity index is 0.00000181. The van der Waals surface area contributed by atoms with Crippen LogP contribution in [0.4, 0.5) is 0 Å². The summed E-state index contributed by atoms with van der Waals surface area (Å²) in [5, 5.41) is 0. The Hall–Kier alpha value is -0.916. The molecule has 0 bridgehead atoms. The molecule has 2 aliphatic carbocycles. The van der Waals surface area contributed by atoms with Gasteiger partial charge in [0.15, 0.2) is 0 Å². The molecule has 0 aromatic heterocycles. The van der Waals surface area contributed by atoms with Gasteiger partial charge in [-0.15, -0.1) is 0 Å². The Labute approximate surface area is 213 Å². The molecule has 170 valence electrons. The maximum absolute atomic E-state index is 2.48. The largest absolute Gasteiger partial charge is 1.00 e. The van der Waals surface area contributed by atoms with E-state index in [1.165, 1.54) is 22.3 Å². The first-order valence-corrected chi connectivity index (χ1v) is 13.7. The van der Waals surface area contributed by atoms with Crippen molar-refractivity contribution in [3.05, 3.63) is 74.7 Å². The molecular formula is C29H36Cl2Ti. The molecule has 32 heavy (non-hydrogen) atoms. The van der Waals surface area contributed by atoms with Gasteiger partial charge in [-0.2, -0.15) is 0 Å². The second-order valence-corrected chi connectivity index (χ2v) is 15.8. The topological polar surface area (TPSA) is 0 Å². The number of hydrogen-bond acceptors (Lipinski definition) is 0. The predicted molar refractivity (Wildman–Crippen MR) is 130 cm³/mol. The summed E-state index contributed by atoms with van der Waals surface area (Å²) in [6.45, 7) is 18.9. The van der Waals surface area contributed by atoms with Gasteiger partial charge in [0.05, 0.1) is 0 Å². The maximum atomic E-state index is 2.48. The zero-order valence-corrected chi connectivity index (χ0v) is 23.9. The van der Waals surface area contributed by atoms with Crippen LogP contribution in [0, 0.1) is 0 Å². The van der Waals surface area contributed by atoms with Crippen LogP contribution in [-0.4, -0.2) is 3.81 Å². The third-order valence-electron chi connectivity index (χ3n) is 6.59. The van der Waals surface area contributed by atoms with Crippen LogP contribution in [0.5, 0.6) is 0 Å². The molecule has 2 aromatic carbocycles. The van der Waals surface area contributed by atoms with Gasteiger partial charge in [0, 0.05) is 0 Å². The molecule has 0 atom stereocenters. The fourth-order valence-electron chi connectivity index (χ4n) is 5.02. The van der Waals surface area contributed by atoms with Crippen molar-refractivity contribution in [3.63, 3.8) is 0 Å². The molecular weight excluding hydrogens is 467 g/mol. The number of halogens is 2. The summed E-state index contributed by atoms with van der Waals surface area (Å²) < 4.78 is 5.11. The van der Waals surface area contributed by atoms with E-state index in [1.54, 1.807) is 22.7 Å². The molecule has 0 aliphatic heterocycles. The van der Waals surface area contributed by atoms with E-state index in [0.29, 0.717) is 0 Å². The Morgan fingerprint density at radius 1 is 0.844 bits per heavy atom. The van der Waals surface area contributed by atoms with Crippen molar-refractivity contribution in [2.75, 3.05) is 0 Å². The predicted octanol–water partition coefficient (Wildman–Crippen LogP) is 1.16. The minimum absolute atomic E-state index is 0. The minimum Gasteiger partial charge on any atom is -1.00 e. The monoisotopic (exact) mass is 502 g/mol. The molecule has 0 unspecified atom stereocenters. The second kappa shape index (κ2) is 9.75. The van der Waals surface area contributed by atoms with Crippen LogP contribution >= 0.6 is 0 Å². The van der Waals surface area contributed by atoms with Crippen LogP contribution in [0.1, 0.15) is 84.1 Å². The molecule has 0 heterocycles. The summed E-state index contributed by atoms with van der Waals surface area (Å²) in [6.07, 6.45) is 9.28. The van der Waals surface area contributed by atoms with E-state index in [9.17, 15) is 0 Å². The van der Waals surface area contributed by atoms with Gasteiger partial charge in [-0.1, -0.05) is 0 Å². The van der Waals surface area contributed by atoms with Crippen molar-refractivity contribution in [2.45, 2.75) is 79.1 Å². The Morgan fingerprint density at radius 2 is 1.50 bits per heavy atom. The average Bonchev–Trinajstić information content (AvgIpc) is 3.27. The molecule has 0 spiro atoms. The van der Waals surface area contributed by atoms with Crippen molar-refractivity contribution in [1.82, 2.24) is 0 Å². The first-order chi connectivity index (χ1) is 14.0. The van der Waals surface area contributed by atoms with Crippen LogP contribution < -0.4 is 28.7 Å². The first-order valence-electron chi connectivity index (χ1n) is 11.3. The Kier molecular flexibility index (Phi) is 8.33. The molecule has 0 saturated carbocycles.